The largest absolute Gasteiger partial charge is 0.508 e. The first-order chi connectivity index (χ1) is 7.78. The molecule has 0 amide bonds. The third-order valence-corrected chi connectivity index (χ3v) is 2.01. The molecular weight excluding hydrogens is 208 g/mol. The van der Waals surface area contributed by atoms with Crippen LogP contribution in [-0.2, 0) is 13.0 Å². The number of aromatic nitrogens is 2. The maximum atomic E-state index is 9.08. The van der Waals surface area contributed by atoms with Gasteiger partial charge in [-0.25, -0.2) is 0 Å². The highest BCUT2D eigenvalue weighted by molar-refractivity contribution is 5.30. The highest BCUT2D eigenvalue weighted by Gasteiger charge is 2.04. The van der Waals surface area contributed by atoms with Gasteiger partial charge in [-0.1, -0.05) is 6.92 Å². The zero-order valence-electron chi connectivity index (χ0n) is 8.88. The highest BCUT2D eigenvalue weighted by atomic mass is 16.5. The molecule has 0 radical (unpaired) electrons. The Morgan fingerprint density at radius 3 is 2.50 bits per heavy atom. The lowest BCUT2D eigenvalue weighted by atomic mass is 10.3. The van der Waals surface area contributed by atoms with Gasteiger partial charge in [0, 0.05) is 6.42 Å². The van der Waals surface area contributed by atoms with Crippen molar-refractivity contribution in [1.29, 1.82) is 0 Å². The molecule has 1 aromatic carbocycles. The van der Waals surface area contributed by atoms with Crippen LogP contribution in [0, 0.1) is 0 Å². The summed E-state index contributed by atoms with van der Waals surface area (Å²) in [5.41, 5.74) is 0. The Balaban J connectivity index is 1.94. The molecule has 2 aromatic rings. The number of aromatic hydroxyl groups is 1. The molecule has 1 heterocycles. The van der Waals surface area contributed by atoms with Crippen LogP contribution in [0.2, 0.25) is 0 Å². The Labute approximate surface area is 92.7 Å². The Bertz CT molecular complexity index is 451. The van der Waals surface area contributed by atoms with Crippen LogP contribution in [0.3, 0.4) is 0 Å². The number of nitrogens with zero attached hydrogens (tertiary/aromatic N) is 2. The van der Waals surface area contributed by atoms with Crippen LogP contribution in [0.4, 0.5) is 0 Å². The molecule has 0 fully saturated rings. The van der Waals surface area contributed by atoms with Crippen LogP contribution in [0.25, 0.3) is 0 Å². The summed E-state index contributed by atoms with van der Waals surface area (Å²) in [5, 5.41) is 16.7. The van der Waals surface area contributed by atoms with Gasteiger partial charge in [0.25, 0.3) is 5.89 Å². The standard InChI is InChI=1S/C11H12N2O3/c1-2-10-12-13-11(16-10)7-15-9-5-3-8(14)4-6-9/h3-6,14H,2,7H2,1H3. The fourth-order valence-electron chi connectivity index (χ4n) is 1.18. The van der Waals surface area contributed by atoms with Crippen molar-refractivity contribution in [2.24, 2.45) is 0 Å². The number of ether oxygens (including phenoxy) is 1. The molecule has 0 aliphatic rings. The molecule has 2 rings (SSSR count). The number of benzene rings is 1. The molecule has 0 atom stereocenters. The van der Waals surface area contributed by atoms with Gasteiger partial charge in [0.05, 0.1) is 0 Å². The van der Waals surface area contributed by atoms with Gasteiger partial charge in [-0.15, -0.1) is 10.2 Å². The number of aryl methyl sites for hydroxylation is 1. The van der Waals surface area contributed by atoms with Crippen LogP contribution in [0.1, 0.15) is 18.7 Å². The number of hydrogen-bond acceptors (Lipinski definition) is 5. The Kier molecular flexibility index (Phi) is 3.05. The zero-order valence-corrected chi connectivity index (χ0v) is 8.88. The first-order valence-corrected chi connectivity index (χ1v) is 5.01. The van der Waals surface area contributed by atoms with Crippen molar-refractivity contribution in [1.82, 2.24) is 10.2 Å². The van der Waals surface area contributed by atoms with Crippen molar-refractivity contribution in [3.63, 3.8) is 0 Å². The molecule has 0 spiro atoms. The summed E-state index contributed by atoms with van der Waals surface area (Å²) in [6.07, 6.45) is 0.714. The van der Waals surface area contributed by atoms with Crippen LogP contribution in [0.15, 0.2) is 28.7 Å². The van der Waals surface area contributed by atoms with Crippen molar-refractivity contribution in [3.05, 3.63) is 36.0 Å². The Hall–Kier alpha value is -2.04. The average molecular weight is 220 g/mol. The molecule has 0 saturated carbocycles. The van der Waals surface area contributed by atoms with Gasteiger partial charge in [-0.3, -0.25) is 0 Å². The van der Waals surface area contributed by atoms with Crippen molar-refractivity contribution in [2.75, 3.05) is 0 Å². The second-order valence-corrected chi connectivity index (χ2v) is 3.23. The second-order valence-electron chi connectivity index (χ2n) is 3.23. The Morgan fingerprint density at radius 1 is 1.19 bits per heavy atom. The predicted octanol–water partition coefficient (Wildman–Crippen LogP) is 1.92. The van der Waals surface area contributed by atoms with E-state index in [0.29, 0.717) is 24.0 Å². The number of phenolic OH excluding ortho intramolecular Hbond substituents is 1. The monoisotopic (exact) mass is 220 g/mol. The van der Waals surface area contributed by atoms with Crippen LogP contribution >= 0.6 is 0 Å². The molecule has 1 N–H and O–H groups in total. The molecule has 1 aromatic heterocycles. The van der Waals surface area contributed by atoms with Gasteiger partial charge in [0.15, 0.2) is 6.61 Å². The van der Waals surface area contributed by atoms with Gasteiger partial charge in [-0.05, 0) is 24.3 Å². The summed E-state index contributed by atoms with van der Waals surface area (Å²) < 4.78 is 10.7. The minimum Gasteiger partial charge on any atom is -0.508 e. The van der Waals surface area contributed by atoms with Crippen LogP contribution in [-0.4, -0.2) is 15.3 Å². The smallest absolute Gasteiger partial charge is 0.253 e. The summed E-state index contributed by atoms with van der Waals surface area (Å²) in [7, 11) is 0. The zero-order chi connectivity index (χ0) is 11.4. The summed E-state index contributed by atoms with van der Waals surface area (Å²) >= 11 is 0. The molecule has 0 saturated heterocycles. The summed E-state index contributed by atoms with van der Waals surface area (Å²) in [6, 6.07) is 6.46. The minimum absolute atomic E-state index is 0.207. The molecule has 0 aliphatic carbocycles. The molecule has 16 heavy (non-hydrogen) atoms. The van der Waals surface area contributed by atoms with E-state index in [4.69, 9.17) is 14.3 Å². The fourth-order valence-corrected chi connectivity index (χ4v) is 1.18. The van der Waals surface area contributed by atoms with Crippen LogP contribution in [0.5, 0.6) is 11.5 Å². The SMILES string of the molecule is CCc1nnc(COc2ccc(O)cc2)o1. The van der Waals surface area contributed by atoms with E-state index in [0.717, 1.165) is 0 Å². The van der Waals surface area contributed by atoms with Crippen molar-refractivity contribution >= 4 is 0 Å². The molecular formula is C11H12N2O3. The first kappa shape index (κ1) is 10.5. The first-order valence-electron chi connectivity index (χ1n) is 5.01. The van der Waals surface area contributed by atoms with Gasteiger partial charge >= 0.3 is 0 Å². The molecule has 5 heteroatoms. The van der Waals surface area contributed by atoms with E-state index in [-0.39, 0.29) is 12.4 Å². The van der Waals surface area contributed by atoms with Crippen LogP contribution < -0.4 is 4.74 Å². The topological polar surface area (TPSA) is 68.4 Å². The average Bonchev–Trinajstić information content (AvgIpc) is 2.76. The lowest BCUT2D eigenvalue weighted by Crippen LogP contribution is -1.95. The van der Waals surface area contributed by atoms with Gasteiger partial charge in [0.2, 0.25) is 5.89 Å². The molecule has 0 unspecified atom stereocenters. The summed E-state index contributed by atoms with van der Waals surface area (Å²) in [4.78, 5) is 0. The fraction of sp³-hybridized carbons (Fsp3) is 0.273. The van der Waals surface area contributed by atoms with E-state index in [9.17, 15) is 0 Å². The van der Waals surface area contributed by atoms with Gasteiger partial charge < -0.3 is 14.3 Å². The van der Waals surface area contributed by atoms with E-state index >= 15 is 0 Å². The van der Waals surface area contributed by atoms with E-state index in [1.165, 1.54) is 0 Å². The summed E-state index contributed by atoms with van der Waals surface area (Å²) in [5.74, 6) is 1.90. The quantitative estimate of drug-likeness (QED) is 0.852. The molecule has 5 nitrogen and oxygen atoms in total. The maximum Gasteiger partial charge on any atom is 0.253 e. The van der Waals surface area contributed by atoms with Gasteiger partial charge in [0.1, 0.15) is 11.5 Å². The van der Waals surface area contributed by atoms with E-state index in [1.54, 1.807) is 24.3 Å². The molecule has 0 bridgehead atoms. The lowest BCUT2D eigenvalue weighted by molar-refractivity contribution is 0.259. The predicted molar refractivity (Wildman–Crippen MR) is 56.1 cm³/mol. The normalized spacial score (nSPS) is 10.3. The minimum atomic E-state index is 0.207. The number of rotatable bonds is 4. The van der Waals surface area contributed by atoms with Crippen molar-refractivity contribution in [3.8, 4) is 11.5 Å². The van der Waals surface area contributed by atoms with E-state index < -0.39 is 0 Å². The number of phenols is 1. The summed E-state index contributed by atoms with van der Waals surface area (Å²) in [6.45, 7) is 2.18. The Morgan fingerprint density at radius 2 is 1.88 bits per heavy atom. The number of hydrogen-bond donors (Lipinski definition) is 1. The third kappa shape index (κ3) is 2.50. The van der Waals surface area contributed by atoms with E-state index in [1.807, 2.05) is 6.92 Å². The second kappa shape index (κ2) is 4.65. The van der Waals surface area contributed by atoms with Gasteiger partial charge in [-0.2, -0.15) is 0 Å². The maximum absolute atomic E-state index is 9.08. The van der Waals surface area contributed by atoms with Crippen molar-refractivity contribution in [2.45, 2.75) is 20.0 Å². The van der Waals surface area contributed by atoms with E-state index in [2.05, 4.69) is 10.2 Å². The molecule has 0 aliphatic heterocycles. The van der Waals surface area contributed by atoms with Crippen molar-refractivity contribution < 1.29 is 14.3 Å². The highest BCUT2D eigenvalue weighted by Crippen LogP contribution is 2.16. The molecule has 84 valence electrons. The third-order valence-electron chi connectivity index (χ3n) is 2.01. The lowest BCUT2D eigenvalue weighted by Gasteiger charge is -2.02.